The fraction of sp³-hybridized carbons (Fsp3) is 0.364. The molecule has 1 heterocycles. The van der Waals surface area contributed by atoms with Gasteiger partial charge in [0.05, 0.1) is 21.1 Å². The first-order valence-corrected chi connectivity index (χ1v) is 5.80. The first-order valence-electron chi connectivity index (χ1n) is 5.05. The molecular weight excluding hydrogens is 288 g/mol. The number of alkyl halides is 3. The predicted molar refractivity (Wildman–Crippen MR) is 65.2 cm³/mol. The van der Waals surface area contributed by atoms with Gasteiger partial charge in [0, 0.05) is 0 Å². The lowest BCUT2D eigenvalue weighted by atomic mass is 9.92. The lowest BCUT2D eigenvalue weighted by Gasteiger charge is -2.25. The monoisotopic (exact) mass is 296 g/mol. The van der Waals surface area contributed by atoms with Gasteiger partial charge in [0.1, 0.15) is 11.2 Å². The highest BCUT2D eigenvalue weighted by atomic mass is 35.5. The largest absolute Gasteiger partial charge is 0.400 e. The summed E-state index contributed by atoms with van der Waals surface area (Å²) in [5, 5.41) is 0.524. The summed E-state index contributed by atoms with van der Waals surface area (Å²) in [6.45, 7) is 2.13. The third-order valence-electron chi connectivity index (χ3n) is 2.82. The highest BCUT2D eigenvalue weighted by Gasteiger charge is 2.50. The molecule has 0 saturated carbocycles. The van der Waals surface area contributed by atoms with Crippen molar-refractivity contribution in [2.45, 2.75) is 25.4 Å². The van der Waals surface area contributed by atoms with Crippen LogP contribution in [0.3, 0.4) is 0 Å². The van der Waals surface area contributed by atoms with Crippen LogP contribution in [0.1, 0.15) is 19.7 Å². The third-order valence-corrected chi connectivity index (χ3v) is 3.55. The van der Waals surface area contributed by atoms with Crippen molar-refractivity contribution in [1.82, 2.24) is 9.97 Å². The number of aromatic amines is 1. The van der Waals surface area contributed by atoms with Gasteiger partial charge in [-0.3, -0.25) is 0 Å². The van der Waals surface area contributed by atoms with E-state index in [9.17, 15) is 13.2 Å². The van der Waals surface area contributed by atoms with Crippen molar-refractivity contribution in [1.29, 1.82) is 0 Å². The van der Waals surface area contributed by atoms with Crippen molar-refractivity contribution < 1.29 is 13.2 Å². The molecule has 0 spiro atoms. The first kappa shape index (κ1) is 13.5. The van der Waals surface area contributed by atoms with Gasteiger partial charge < -0.3 is 4.98 Å². The van der Waals surface area contributed by atoms with Crippen LogP contribution in [0, 0.1) is 0 Å². The van der Waals surface area contributed by atoms with Crippen LogP contribution in [0.5, 0.6) is 0 Å². The average Bonchev–Trinajstić information content (AvgIpc) is 2.60. The molecular formula is C11H9Cl2F3N2. The SMILES string of the molecule is CC(C)(c1nc2cc(Cl)c(Cl)cc2[nH]1)C(F)(F)F. The zero-order valence-electron chi connectivity index (χ0n) is 9.49. The van der Waals surface area contributed by atoms with Crippen LogP contribution in [0.15, 0.2) is 12.1 Å². The Hall–Kier alpha value is -0.940. The Morgan fingerprint density at radius 2 is 1.67 bits per heavy atom. The van der Waals surface area contributed by atoms with Crippen LogP contribution >= 0.6 is 23.2 Å². The lowest BCUT2D eigenvalue weighted by molar-refractivity contribution is -0.182. The van der Waals surface area contributed by atoms with Crippen molar-refractivity contribution in [3.05, 3.63) is 28.0 Å². The Labute approximate surface area is 111 Å². The number of halogens is 5. The molecule has 0 unspecified atom stereocenters. The van der Waals surface area contributed by atoms with Crippen LogP contribution in [0.2, 0.25) is 10.0 Å². The van der Waals surface area contributed by atoms with Crippen molar-refractivity contribution in [3.63, 3.8) is 0 Å². The van der Waals surface area contributed by atoms with Gasteiger partial charge in [0.25, 0.3) is 0 Å². The molecule has 0 atom stereocenters. The summed E-state index contributed by atoms with van der Waals surface area (Å²) in [7, 11) is 0. The topological polar surface area (TPSA) is 28.7 Å². The molecule has 0 aliphatic heterocycles. The molecule has 7 heteroatoms. The summed E-state index contributed by atoms with van der Waals surface area (Å²) in [6.07, 6.45) is -4.39. The molecule has 2 nitrogen and oxygen atoms in total. The van der Waals surface area contributed by atoms with E-state index in [1.165, 1.54) is 12.1 Å². The molecule has 18 heavy (non-hydrogen) atoms. The second-order valence-corrected chi connectivity index (χ2v) is 5.31. The van der Waals surface area contributed by atoms with Crippen LogP contribution in [0.25, 0.3) is 11.0 Å². The molecule has 0 aliphatic rings. The normalized spacial score (nSPS) is 13.3. The van der Waals surface area contributed by atoms with E-state index in [1.54, 1.807) is 0 Å². The highest BCUT2D eigenvalue weighted by molar-refractivity contribution is 6.42. The van der Waals surface area contributed by atoms with E-state index in [4.69, 9.17) is 23.2 Å². The van der Waals surface area contributed by atoms with Crippen molar-refractivity contribution in [2.75, 3.05) is 0 Å². The Balaban J connectivity index is 2.61. The highest BCUT2D eigenvalue weighted by Crippen LogP contribution is 2.40. The standard InChI is InChI=1S/C11H9Cl2F3N2/c1-10(2,11(14,15)16)9-17-7-3-5(12)6(13)4-8(7)18-9/h3-4H,1-2H3,(H,17,18). The zero-order valence-corrected chi connectivity index (χ0v) is 11.0. The summed E-state index contributed by atoms with van der Waals surface area (Å²) >= 11 is 11.6. The minimum Gasteiger partial charge on any atom is -0.341 e. The average molecular weight is 297 g/mol. The minimum absolute atomic E-state index is 0.164. The van der Waals surface area contributed by atoms with E-state index >= 15 is 0 Å². The maximum atomic E-state index is 12.9. The molecule has 0 saturated heterocycles. The van der Waals surface area contributed by atoms with Gasteiger partial charge in [-0.05, 0) is 26.0 Å². The van der Waals surface area contributed by atoms with E-state index in [1.807, 2.05) is 0 Å². The van der Waals surface area contributed by atoms with Gasteiger partial charge in [-0.15, -0.1) is 0 Å². The van der Waals surface area contributed by atoms with E-state index in [-0.39, 0.29) is 15.9 Å². The van der Waals surface area contributed by atoms with E-state index in [2.05, 4.69) is 9.97 Å². The van der Waals surface area contributed by atoms with Crippen molar-refractivity contribution >= 4 is 34.2 Å². The number of fused-ring (bicyclic) bond motifs is 1. The molecule has 2 rings (SSSR count). The fourth-order valence-corrected chi connectivity index (χ4v) is 1.76. The summed E-state index contributed by atoms with van der Waals surface area (Å²) in [6, 6.07) is 2.90. The number of H-pyrrole nitrogens is 1. The molecule has 1 N–H and O–H groups in total. The Morgan fingerprint density at radius 1 is 1.11 bits per heavy atom. The first-order chi connectivity index (χ1) is 8.13. The number of hydrogen-bond acceptors (Lipinski definition) is 1. The van der Waals surface area contributed by atoms with Crippen LogP contribution < -0.4 is 0 Å². The van der Waals surface area contributed by atoms with Crippen LogP contribution in [0.4, 0.5) is 13.2 Å². The second-order valence-electron chi connectivity index (χ2n) is 4.49. The molecule has 2 aromatic rings. The third kappa shape index (κ3) is 2.06. The Kier molecular flexibility index (Phi) is 3.02. The minimum atomic E-state index is -4.39. The van der Waals surface area contributed by atoms with Gasteiger partial charge in [-0.25, -0.2) is 4.98 Å². The summed E-state index contributed by atoms with van der Waals surface area (Å²) < 4.78 is 38.7. The zero-order chi connectivity index (χ0) is 13.7. The number of nitrogens with zero attached hydrogens (tertiary/aromatic N) is 1. The van der Waals surface area contributed by atoms with Gasteiger partial charge in [-0.2, -0.15) is 13.2 Å². The molecule has 1 aromatic carbocycles. The molecule has 0 radical (unpaired) electrons. The fourth-order valence-electron chi connectivity index (χ4n) is 1.44. The number of rotatable bonds is 1. The van der Waals surface area contributed by atoms with Crippen molar-refractivity contribution in [3.8, 4) is 0 Å². The summed E-state index contributed by atoms with van der Waals surface area (Å²) in [5.74, 6) is -0.164. The van der Waals surface area contributed by atoms with Gasteiger partial charge >= 0.3 is 6.18 Å². The maximum Gasteiger partial charge on any atom is 0.400 e. The summed E-state index contributed by atoms with van der Waals surface area (Å²) in [5.41, 5.74) is -1.28. The number of hydrogen-bond donors (Lipinski definition) is 1. The van der Waals surface area contributed by atoms with Crippen molar-refractivity contribution in [2.24, 2.45) is 0 Å². The quantitative estimate of drug-likeness (QED) is 0.811. The van der Waals surface area contributed by atoms with E-state index in [0.717, 1.165) is 13.8 Å². The number of benzene rings is 1. The molecule has 98 valence electrons. The smallest absolute Gasteiger partial charge is 0.341 e. The van der Waals surface area contributed by atoms with Gasteiger partial charge in [0.15, 0.2) is 0 Å². The van der Waals surface area contributed by atoms with Gasteiger partial charge in [0.2, 0.25) is 0 Å². The maximum absolute atomic E-state index is 12.9. The van der Waals surface area contributed by atoms with Crippen LogP contribution in [-0.2, 0) is 5.41 Å². The number of aromatic nitrogens is 2. The molecule has 0 fully saturated rings. The molecule has 0 amide bonds. The predicted octanol–water partition coefficient (Wildman–Crippen LogP) is 4.71. The lowest BCUT2D eigenvalue weighted by Crippen LogP contribution is -2.37. The Morgan fingerprint density at radius 3 is 2.22 bits per heavy atom. The van der Waals surface area contributed by atoms with E-state index < -0.39 is 11.6 Å². The number of imidazole rings is 1. The Bertz CT molecular complexity index is 563. The molecule has 1 aromatic heterocycles. The summed E-state index contributed by atoms with van der Waals surface area (Å²) in [4.78, 5) is 6.57. The van der Waals surface area contributed by atoms with E-state index in [0.29, 0.717) is 11.0 Å². The molecule has 0 bridgehead atoms. The number of nitrogens with one attached hydrogen (secondary N) is 1. The van der Waals surface area contributed by atoms with Crippen LogP contribution in [-0.4, -0.2) is 16.1 Å². The molecule has 0 aliphatic carbocycles. The van der Waals surface area contributed by atoms with Gasteiger partial charge in [-0.1, -0.05) is 23.2 Å². The second kappa shape index (κ2) is 4.03.